The molecular weight excluding hydrogens is 188 g/mol. The highest BCUT2D eigenvalue weighted by Crippen LogP contribution is 2.36. The zero-order valence-corrected chi connectivity index (χ0v) is 9.70. The van der Waals surface area contributed by atoms with Crippen molar-refractivity contribution in [3.05, 3.63) is 11.8 Å². The topological polar surface area (TPSA) is 38.9 Å². The van der Waals surface area contributed by atoms with Crippen LogP contribution in [-0.4, -0.2) is 10.2 Å². The molecule has 0 spiro atoms. The van der Waals surface area contributed by atoms with Gasteiger partial charge in [-0.1, -0.05) is 19.8 Å². The van der Waals surface area contributed by atoms with Crippen molar-refractivity contribution in [2.24, 2.45) is 5.92 Å². The summed E-state index contributed by atoms with van der Waals surface area (Å²) in [6.07, 6.45) is 7.82. The Hall–Kier alpha value is -0.860. The van der Waals surface area contributed by atoms with Crippen molar-refractivity contribution in [3.8, 4) is 0 Å². The molecule has 0 amide bonds. The Labute approximate surface area is 91.3 Å². The first-order valence-electron chi connectivity index (χ1n) is 6.09. The highest BCUT2D eigenvalue weighted by molar-refractivity contribution is 4.93. The summed E-state index contributed by atoms with van der Waals surface area (Å²) in [6.45, 7) is 4.13. The molecule has 15 heavy (non-hydrogen) atoms. The van der Waals surface area contributed by atoms with E-state index < -0.39 is 0 Å². The molecule has 3 heteroatoms. The zero-order chi connectivity index (χ0) is 10.7. The molecule has 0 unspecified atom stereocenters. The summed E-state index contributed by atoms with van der Waals surface area (Å²) < 4.78 is 5.50. The fourth-order valence-electron chi connectivity index (χ4n) is 2.58. The lowest BCUT2D eigenvalue weighted by Gasteiger charge is -2.25. The molecule has 3 nitrogen and oxygen atoms in total. The molecule has 0 radical (unpaired) electrons. The smallest absolute Gasteiger partial charge is 0.219 e. The highest BCUT2D eigenvalue weighted by atomic mass is 16.4. The van der Waals surface area contributed by atoms with E-state index in [-0.39, 0.29) is 0 Å². The van der Waals surface area contributed by atoms with E-state index in [2.05, 4.69) is 17.1 Å². The van der Waals surface area contributed by atoms with Gasteiger partial charge in [0.2, 0.25) is 11.8 Å². The number of hydrogen-bond acceptors (Lipinski definition) is 3. The van der Waals surface area contributed by atoms with Gasteiger partial charge in [-0.2, -0.15) is 0 Å². The Morgan fingerprint density at radius 3 is 2.47 bits per heavy atom. The summed E-state index contributed by atoms with van der Waals surface area (Å²) in [5.74, 6) is 3.03. The molecule has 0 saturated heterocycles. The van der Waals surface area contributed by atoms with Gasteiger partial charge in [-0.15, -0.1) is 10.2 Å². The van der Waals surface area contributed by atoms with Gasteiger partial charge < -0.3 is 4.42 Å². The molecule has 1 fully saturated rings. The summed E-state index contributed by atoms with van der Waals surface area (Å²) in [6, 6.07) is 0. The molecule has 1 aromatic heterocycles. The van der Waals surface area contributed by atoms with Crippen molar-refractivity contribution in [2.45, 2.75) is 58.3 Å². The third kappa shape index (κ3) is 2.58. The maximum atomic E-state index is 5.50. The minimum absolute atomic E-state index is 0.527. The Morgan fingerprint density at radius 2 is 1.93 bits per heavy atom. The zero-order valence-electron chi connectivity index (χ0n) is 9.70. The Bertz CT molecular complexity index is 300. The predicted molar refractivity (Wildman–Crippen MR) is 58.6 cm³/mol. The van der Waals surface area contributed by atoms with Crippen LogP contribution in [0.15, 0.2) is 4.42 Å². The molecule has 1 aliphatic carbocycles. The van der Waals surface area contributed by atoms with Crippen molar-refractivity contribution < 1.29 is 4.42 Å². The van der Waals surface area contributed by atoms with Crippen LogP contribution >= 0.6 is 0 Å². The molecule has 1 saturated carbocycles. The molecular formula is C12H20N2O. The van der Waals surface area contributed by atoms with E-state index >= 15 is 0 Å². The average molecular weight is 208 g/mol. The summed E-state index contributed by atoms with van der Waals surface area (Å²) >= 11 is 0. The fourth-order valence-corrected chi connectivity index (χ4v) is 2.58. The van der Waals surface area contributed by atoms with E-state index in [1.54, 1.807) is 0 Å². The maximum Gasteiger partial charge on any atom is 0.219 e. The van der Waals surface area contributed by atoms with Crippen LogP contribution in [0.25, 0.3) is 0 Å². The summed E-state index contributed by atoms with van der Waals surface area (Å²) in [5.41, 5.74) is 0. The van der Waals surface area contributed by atoms with Gasteiger partial charge in [0.05, 0.1) is 0 Å². The lowest BCUT2D eigenvalue weighted by atomic mass is 9.80. The van der Waals surface area contributed by atoms with Crippen LogP contribution in [0, 0.1) is 12.8 Å². The van der Waals surface area contributed by atoms with Crippen LogP contribution in [0.1, 0.15) is 63.1 Å². The van der Waals surface area contributed by atoms with Gasteiger partial charge in [0.25, 0.3) is 0 Å². The Balaban J connectivity index is 1.88. The van der Waals surface area contributed by atoms with Crippen LogP contribution in [0.3, 0.4) is 0 Å². The lowest BCUT2D eigenvalue weighted by molar-refractivity contribution is 0.278. The van der Waals surface area contributed by atoms with E-state index in [0.717, 1.165) is 11.8 Å². The van der Waals surface area contributed by atoms with Crippen molar-refractivity contribution >= 4 is 0 Å². The second kappa shape index (κ2) is 4.77. The van der Waals surface area contributed by atoms with E-state index in [4.69, 9.17) is 4.42 Å². The van der Waals surface area contributed by atoms with Crippen LogP contribution < -0.4 is 0 Å². The van der Waals surface area contributed by atoms with Gasteiger partial charge in [0.15, 0.2) is 0 Å². The molecule has 1 aromatic rings. The molecule has 0 bridgehead atoms. The third-order valence-electron chi connectivity index (χ3n) is 3.43. The third-order valence-corrected chi connectivity index (χ3v) is 3.43. The minimum atomic E-state index is 0.527. The monoisotopic (exact) mass is 208 g/mol. The summed E-state index contributed by atoms with van der Waals surface area (Å²) in [5, 5.41) is 8.02. The van der Waals surface area contributed by atoms with Gasteiger partial charge in [0, 0.05) is 12.8 Å². The SMILES string of the molecule is CCC[C@H]1CC[C@H](c2nnc(C)o2)CC1. The second-order valence-electron chi connectivity index (χ2n) is 4.67. The molecule has 1 heterocycles. The van der Waals surface area contributed by atoms with Crippen LogP contribution in [0.2, 0.25) is 0 Å². The molecule has 2 rings (SSSR count). The number of rotatable bonds is 3. The van der Waals surface area contributed by atoms with Gasteiger partial charge in [-0.25, -0.2) is 0 Å². The first-order chi connectivity index (χ1) is 7.29. The first kappa shape index (κ1) is 10.7. The number of aromatic nitrogens is 2. The first-order valence-corrected chi connectivity index (χ1v) is 6.09. The van der Waals surface area contributed by atoms with Crippen molar-refractivity contribution in [1.82, 2.24) is 10.2 Å². The normalized spacial score (nSPS) is 26.8. The predicted octanol–water partition coefficient (Wildman–Crippen LogP) is 3.45. The quantitative estimate of drug-likeness (QED) is 0.763. The van der Waals surface area contributed by atoms with E-state index in [1.807, 2.05) is 6.92 Å². The minimum Gasteiger partial charge on any atom is -0.425 e. The number of nitrogens with zero attached hydrogens (tertiary/aromatic N) is 2. The number of hydrogen-bond donors (Lipinski definition) is 0. The second-order valence-corrected chi connectivity index (χ2v) is 4.67. The Kier molecular flexibility index (Phi) is 3.39. The van der Waals surface area contributed by atoms with E-state index in [9.17, 15) is 0 Å². The van der Waals surface area contributed by atoms with Crippen molar-refractivity contribution in [2.75, 3.05) is 0 Å². The average Bonchev–Trinajstić information content (AvgIpc) is 2.67. The molecule has 0 atom stereocenters. The molecule has 1 aliphatic rings. The van der Waals surface area contributed by atoms with Gasteiger partial charge in [-0.05, 0) is 31.6 Å². The van der Waals surface area contributed by atoms with Gasteiger partial charge in [0.1, 0.15) is 0 Å². The van der Waals surface area contributed by atoms with Gasteiger partial charge >= 0.3 is 0 Å². The number of aryl methyl sites for hydroxylation is 1. The summed E-state index contributed by atoms with van der Waals surface area (Å²) in [7, 11) is 0. The van der Waals surface area contributed by atoms with E-state index in [0.29, 0.717) is 11.8 Å². The fraction of sp³-hybridized carbons (Fsp3) is 0.833. The van der Waals surface area contributed by atoms with Crippen LogP contribution in [0.5, 0.6) is 0 Å². The summed E-state index contributed by atoms with van der Waals surface area (Å²) in [4.78, 5) is 0. The standard InChI is InChI=1S/C12H20N2O/c1-3-4-10-5-7-11(8-6-10)12-14-13-9(2)15-12/h10-11H,3-8H2,1-2H3/t10-,11-. The van der Waals surface area contributed by atoms with Crippen molar-refractivity contribution in [1.29, 1.82) is 0 Å². The molecule has 0 N–H and O–H groups in total. The van der Waals surface area contributed by atoms with Crippen LogP contribution in [-0.2, 0) is 0 Å². The maximum absolute atomic E-state index is 5.50. The van der Waals surface area contributed by atoms with E-state index in [1.165, 1.54) is 38.5 Å². The lowest BCUT2D eigenvalue weighted by Crippen LogP contribution is -2.13. The molecule has 84 valence electrons. The van der Waals surface area contributed by atoms with Gasteiger partial charge in [-0.3, -0.25) is 0 Å². The molecule has 0 aliphatic heterocycles. The molecule has 0 aromatic carbocycles. The Morgan fingerprint density at radius 1 is 1.20 bits per heavy atom. The largest absolute Gasteiger partial charge is 0.425 e. The van der Waals surface area contributed by atoms with Crippen molar-refractivity contribution in [3.63, 3.8) is 0 Å². The van der Waals surface area contributed by atoms with Crippen LogP contribution in [0.4, 0.5) is 0 Å². The highest BCUT2D eigenvalue weighted by Gasteiger charge is 2.25.